The average Bonchev–Trinajstić information content (AvgIpc) is 2.56. The van der Waals surface area contributed by atoms with Crippen molar-refractivity contribution in [3.05, 3.63) is 64.4 Å². The molecule has 2 aromatic rings. The molecule has 7 heteroatoms. The van der Waals surface area contributed by atoms with E-state index in [1.54, 1.807) is 30.3 Å². The van der Waals surface area contributed by atoms with Crippen molar-refractivity contribution in [3.8, 4) is 0 Å². The molecule has 0 saturated carbocycles. The second kappa shape index (κ2) is 8.08. The third-order valence-corrected chi connectivity index (χ3v) is 3.90. The Morgan fingerprint density at radius 3 is 2.54 bits per heavy atom. The lowest BCUT2D eigenvalue weighted by atomic mass is 10.1. The van der Waals surface area contributed by atoms with Crippen LogP contribution in [0.5, 0.6) is 0 Å². The molecular weight excluding hydrogens is 351 g/mol. The van der Waals surface area contributed by atoms with Crippen LogP contribution in [-0.2, 0) is 4.74 Å². The van der Waals surface area contributed by atoms with Crippen LogP contribution in [0.1, 0.15) is 28.9 Å². The van der Waals surface area contributed by atoms with Gasteiger partial charge in [-0.25, -0.2) is 9.18 Å². The molecule has 2 N–H and O–H groups in total. The monoisotopic (exact) mass is 366 g/mol. The molecule has 2 rings (SSSR count). The van der Waals surface area contributed by atoms with Gasteiger partial charge < -0.3 is 15.4 Å². The van der Waals surface area contributed by atoms with Gasteiger partial charge in [0.2, 0.25) is 0 Å². The van der Waals surface area contributed by atoms with Crippen LogP contribution in [0.4, 0.5) is 10.1 Å². The van der Waals surface area contributed by atoms with Gasteiger partial charge in [0.25, 0.3) is 0 Å². The molecule has 0 aliphatic carbocycles. The van der Waals surface area contributed by atoms with Crippen LogP contribution in [0.3, 0.4) is 0 Å². The van der Waals surface area contributed by atoms with Gasteiger partial charge >= 0.3 is 5.97 Å². The standard InChI is InChI=1S/C17H16ClFN2O2S/c1-10(11-3-5-12(19)6-4-11)20-17(24)21-13-7-8-15(18)14(9-13)16(22)23-2/h3-10H,1-2H3,(H2,20,21,24)/t10-/m0/s1. The van der Waals surface area contributed by atoms with Crippen LogP contribution < -0.4 is 10.6 Å². The van der Waals surface area contributed by atoms with E-state index in [1.165, 1.54) is 19.2 Å². The fourth-order valence-corrected chi connectivity index (χ4v) is 2.56. The van der Waals surface area contributed by atoms with Crippen molar-refractivity contribution in [1.29, 1.82) is 0 Å². The molecule has 2 aromatic carbocycles. The molecule has 0 aromatic heterocycles. The van der Waals surface area contributed by atoms with Crippen LogP contribution in [-0.4, -0.2) is 18.2 Å². The van der Waals surface area contributed by atoms with Crippen molar-refractivity contribution < 1.29 is 13.9 Å². The number of ether oxygens (including phenoxy) is 1. The molecule has 24 heavy (non-hydrogen) atoms. The zero-order chi connectivity index (χ0) is 17.7. The smallest absolute Gasteiger partial charge is 0.339 e. The van der Waals surface area contributed by atoms with Crippen LogP contribution in [0.2, 0.25) is 5.02 Å². The predicted molar refractivity (Wildman–Crippen MR) is 97.0 cm³/mol. The summed E-state index contributed by atoms with van der Waals surface area (Å²) in [7, 11) is 1.29. The normalized spacial score (nSPS) is 11.5. The Balaban J connectivity index is 2.04. The third-order valence-electron chi connectivity index (χ3n) is 3.35. The van der Waals surface area contributed by atoms with Crippen molar-refractivity contribution >= 4 is 40.6 Å². The number of hydrogen-bond donors (Lipinski definition) is 2. The largest absolute Gasteiger partial charge is 0.465 e. The number of halogens is 2. The van der Waals surface area contributed by atoms with Gasteiger partial charge in [-0.15, -0.1) is 0 Å². The average molecular weight is 367 g/mol. The summed E-state index contributed by atoms with van der Waals surface area (Å²) in [4.78, 5) is 11.6. The number of carbonyl (C=O) groups is 1. The lowest BCUT2D eigenvalue weighted by molar-refractivity contribution is 0.0601. The van der Waals surface area contributed by atoms with Crippen LogP contribution >= 0.6 is 23.8 Å². The first-order chi connectivity index (χ1) is 11.4. The van der Waals surface area contributed by atoms with Gasteiger partial charge in [-0.05, 0) is 55.0 Å². The minimum Gasteiger partial charge on any atom is -0.465 e. The van der Waals surface area contributed by atoms with Crippen LogP contribution in [0.15, 0.2) is 42.5 Å². The van der Waals surface area contributed by atoms with Crippen molar-refractivity contribution in [3.63, 3.8) is 0 Å². The van der Waals surface area contributed by atoms with Gasteiger partial charge in [0.15, 0.2) is 5.11 Å². The van der Waals surface area contributed by atoms with Crippen LogP contribution in [0.25, 0.3) is 0 Å². The maximum atomic E-state index is 13.0. The van der Waals surface area contributed by atoms with E-state index in [2.05, 4.69) is 15.4 Å². The SMILES string of the molecule is COC(=O)c1cc(NC(=S)N[C@@H](C)c2ccc(F)cc2)ccc1Cl. The molecule has 1 atom stereocenters. The van der Waals surface area contributed by atoms with Crippen molar-refractivity contribution in [2.45, 2.75) is 13.0 Å². The molecule has 0 saturated heterocycles. The van der Waals surface area contributed by atoms with Gasteiger partial charge in [0.1, 0.15) is 5.82 Å². The van der Waals surface area contributed by atoms with E-state index >= 15 is 0 Å². The molecule has 0 aliphatic rings. The number of methoxy groups -OCH3 is 1. The molecule has 0 unspecified atom stereocenters. The summed E-state index contributed by atoms with van der Waals surface area (Å²) >= 11 is 11.2. The quantitative estimate of drug-likeness (QED) is 0.623. The first kappa shape index (κ1) is 18.2. The van der Waals surface area contributed by atoms with Gasteiger partial charge in [-0.2, -0.15) is 0 Å². The van der Waals surface area contributed by atoms with E-state index < -0.39 is 5.97 Å². The molecule has 0 spiro atoms. The fourth-order valence-electron chi connectivity index (χ4n) is 2.07. The molecule has 126 valence electrons. The molecular formula is C17H16ClFN2O2S. The first-order valence-corrected chi connectivity index (χ1v) is 7.90. The van der Waals surface area contributed by atoms with E-state index in [1.807, 2.05) is 6.92 Å². The predicted octanol–water partition coefficient (Wildman–Crippen LogP) is 4.31. The Bertz CT molecular complexity index is 753. The maximum Gasteiger partial charge on any atom is 0.339 e. The van der Waals surface area contributed by atoms with E-state index in [0.717, 1.165) is 5.56 Å². The zero-order valence-corrected chi connectivity index (χ0v) is 14.7. The van der Waals surface area contributed by atoms with E-state index in [9.17, 15) is 9.18 Å². The van der Waals surface area contributed by atoms with Crippen molar-refractivity contribution in [1.82, 2.24) is 5.32 Å². The molecule has 0 bridgehead atoms. The fraction of sp³-hybridized carbons (Fsp3) is 0.176. The Morgan fingerprint density at radius 1 is 1.25 bits per heavy atom. The molecule has 0 heterocycles. The Hall–Kier alpha value is -2.18. The number of anilines is 1. The first-order valence-electron chi connectivity index (χ1n) is 7.11. The van der Waals surface area contributed by atoms with Gasteiger partial charge in [0, 0.05) is 5.69 Å². The summed E-state index contributed by atoms with van der Waals surface area (Å²) in [6, 6.07) is 10.9. The second-order valence-electron chi connectivity index (χ2n) is 5.06. The number of hydrogen-bond acceptors (Lipinski definition) is 3. The number of rotatable bonds is 4. The lowest BCUT2D eigenvalue weighted by Crippen LogP contribution is -2.31. The highest BCUT2D eigenvalue weighted by atomic mass is 35.5. The zero-order valence-electron chi connectivity index (χ0n) is 13.1. The summed E-state index contributed by atoms with van der Waals surface area (Å²) in [6.45, 7) is 1.91. The molecule has 0 amide bonds. The molecule has 4 nitrogen and oxygen atoms in total. The number of thiocarbonyl (C=S) groups is 1. The topological polar surface area (TPSA) is 50.4 Å². The summed E-state index contributed by atoms with van der Waals surface area (Å²) in [6.07, 6.45) is 0. The minimum absolute atomic E-state index is 0.113. The number of nitrogens with one attached hydrogen (secondary N) is 2. The van der Waals surface area contributed by atoms with Gasteiger partial charge in [-0.1, -0.05) is 23.7 Å². The molecule has 0 fully saturated rings. The van der Waals surface area contributed by atoms with Crippen LogP contribution in [0, 0.1) is 5.82 Å². The van der Waals surface area contributed by atoms with E-state index in [-0.39, 0.29) is 17.4 Å². The second-order valence-corrected chi connectivity index (χ2v) is 5.87. The maximum absolute atomic E-state index is 13.0. The van der Waals surface area contributed by atoms with E-state index in [4.69, 9.17) is 23.8 Å². The lowest BCUT2D eigenvalue weighted by Gasteiger charge is -2.18. The number of carbonyl (C=O) groups excluding carboxylic acids is 1. The summed E-state index contributed by atoms with van der Waals surface area (Å²) < 4.78 is 17.6. The molecule has 0 radical (unpaired) electrons. The Kier molecular flexibility index (Phi) is 6.11. The Labute approximate surface area is 150 Å². The Morgan fingerprint density at radius 2 is 1.92 bits per heavy atom. The van der Waals surface area contributed by atoms with Gasteiger partial charge in [-0.3, -0.25) is 0 Å². The highest BCUT2D eigenvalue weighted by Crippen LogP contribution is 2.21. The third kappa shape index (κ3) is 4.66. The molecule has 0 aliphatic heterocycles. The van der Waals surface area contributed by atoms with Gasteiger partial charge in [0.05, 0.1) is 23.7 Å². The summed E-state index contributed by atoms with van der Waals surface area (Å²) in [5.74, 6) is -0.814. The highest BCUT2D eigenvalue weighted by Gasteiger charge is 2.12. The number of esters is 1. The van der Waals surface area contributed by atoms with E-state index in [0.29, 0.717) is 15.8 Å². The number of benzene rings is 2. The summed E-state index contributed by atoms with van der Waals surface area (Å²) in [5, 5.41) is 6.73. The van der Waals surface area contributed by atoms with Crippen molar-refractivity contribution in [2.75, 3.05) is 12.4 Å². The highest BCUT2D eigenvalue weighted by molar-refractivity contribution is 7.80. The minimum atomic E-state index is -0.526. The summed E-state index contributed by atoms with van der Waals surface area (Å²) in [5.41, 5.74) is 1.74. The van der Waals surface area contributed by atoms with Crippen molar-refractivity contribution in [2.24, 2.45) is 0 Å².